The number of Topliss-reactive ketones (excluding diaryl/α,β-unsaturated/α-hetero) is 2. The standard InChI is InChI=1S/C21H28O4/c1-20(2)17-11-15(22)12-18(23)21(17,3)10-9-19(20)25-13-14-5-7-16(24-4)8-6-14/h5-8,17,19H,9-13H2,1-4H3/t17-,19+,21-/m1/s1. The summed E-state index contributed by atoms with van der Waals surface area (Å²) in [6, 6.07) is 7.87. The Balaban J connectivity index is 1.72. The minimum atomic E-state index is -0.378. The van der Waals surface area contributed by atoms with Gasteiger partial charge in [-0.3, -0.25) is 9.59 Å². The molecular weight excluding hydrogens is 316 g/mol. The average Bonchev–Trinajstić information content (AvgIpc) is 2.57. The van der Waals surface area contributed by atoms with Crippen molar-refractivity contribution in [3.05, 3.63) is 29.8 Å². The third-order valence-corrected chi connectivity index (χ3v) is 6.46. The van der Waals surface area contributed by atoms with Crippen molar-refractivity contribution in [3.63, 3.8) is 0 Å². The lowest BCUT2D eigenvalue weighted by molar-refractivity contribution is -0.167. The third kappa shape index (κ3) is 3.24. The fourth-order valence-corrected chi connectivity index (χ4v) is 4.74. The molecule has 0 saturated heterocycles. The molecule has 25 heavy (non-hydrogen) atoms. The Bertz CT molecular complexity index is 661. The first kappa shape index (κ1) is 18.1. The van der Waals surface area contributed by atoms with E-state index >= 15 is 0 Å². The van der Waals surface area contributed by atoms with Crippen molar-refractivity contribution in [1.29, 1.82) is 0 Å². The van der Waals surface area contributed by atoms with Crippen molar-refractivity contribution in [1.82, 2.24) is 0 Å². The van der Waals surface area contributed by atoms with Gasteiger partial charge in [-0.05, 0) is 41.9 Å². The van der Waals surface area contributed by atoms with Gasteiger partial charge in [0.05, 0.1) is 26.2 Å². The fourth-order valence-electron chi connectivity index (χ4n) is 4.74. The molecule has 1 aromatic carbocycles. The molecule has 0 bridgehead atoms. The van der Waals surface area contributed by atoms with Crippen LogP contribution in [0.3, 0.4) is 0 Å². The van der Waals surface area contributed by atoms with Crippen LogP contribution in [0.1, 0.15) is 52.0 Å². The van der Waals surface area contributed by atoms with Crippen LogP contribution >= 0.6 is 0 Å². The highest BCUT2D eigenvalue weighted by Crippen LogP contribution is 2.56. The summed E-state index contributed by atoms with van der Waals surface area (Å²) in [7, 11) is 1.65. The number of hydrogen-bond donors (Lipinski definition) is 0. The Morgan fingerprint density at radius 2 is 1.80 bits per heavy atom. The van der Waals surface area contributed by atoms with Gasteiger partial charge in [0.15, 0.2) is 0 Å². The predicted octanol–water partition coefficient (Wildman–Crippen LogP) is 3.95. The van der Waals surface area contributed by atoms with Crippen LogP contribution in [0.5, 0.6) is 5.75 Å². The zero-order valence-electron chi connectivity index (χ0n) is 15.6. The second kappa shape index (κ2) is 6.56. The molecule has 4 nitrogen and oxygen atoms in total. The molecule has 2 saturated carbocycles. The maximum atomic E-state index is 12.5. The topological polar surface area (TPSA) is 52.6 Å². The molecular formula is C21H28O4. The third-order valence-electron chi connectivity index (χ3n) is 6.46. The lowest BCUT2D eigenvalue weighted by atomic mass is 9.50. The van der Waals surface area contributed by atoms with E-state index in [9.17, 15) is 9.59 Å². The van der Waals surface area contributed by atoms with Crippen LogP contribution in [0.4, 0.5) is 0 Å². The Kier molecular flexibility index (Phi) is 4.76. The lowest BCUT2D eigenvalue weighted by Gasteiger charge is -2.55. The van der Waals surface area contributed by atoms with Crippen molar-refractivity contribution in [3.8, 4) is 5.75 Å². The second-order valence-electron chi connectivity index (χ2n) is 8.32. The number of ether oxygens (including phenoxy) is 2. The van der Waals surface area contributed by atoms with Crippen LogP contribution in [0.25, 0.3) is 0 Å². The quantitative estimate of drug-likeness (QED) is 0.776. The van der Waals surface area contributed by atoms with Crippen molar-refractivity contribution in [2.45, 2.75) is 59.2 Å². The van der Waals surface area contributed by atoms with Gasteiger partial charge in [-0.2, -0.15) is 0 Å². The highest BCUT2D eigenvalue weighted by atomic mass is 16.5. The molecule has 3 atom stereocenters. The van der Waals surface area contributed by atoms with Crippen molar-refractivity contribution in [2.75, 3.05) is 7.11 Å². The van der Waals surface area contributed by atoms with E-state index in [2.05, 4.69) is 13.8 Å². The number of benzene rings is 1. The Hall–Kier alpha value is -1.68. The molecule has 136 valence electrons. The zero-order chi connectivity index (χ0) is 18.2. The number of ketones is 2. The Labute approximate surface area is 149 Å². The number of fused-ring (bicyclic) bond motifs is 1. The van der Waals surface area contributed by atoms with Crippen LogP contribution in [-0.2, 0) is 20.9 Å². The summed E-state index contributed by atoms with van der Waals surface area (Å²) in [4.78, 5) is 24.6. The molecule has 0 aromatic heterocycles. The normalized spacial score (nSPS) is 31.5. The monoisotopic (exact) mass is 344 g/mol. The molecule has 0 amide bonds. The molecule has 0 aliphatic heterocycles. The van der Waals surface area contributed by atoms with Gasteiger partial charge in [-0.25, -0.2) is 0 Å². The second-order valence-corrected chi connectivity index (χ2v) is 8.32. The summed E-state index contributed by atoms with van der Waals surface area (Å²) in [5, 5.41) is 0. The van der Waals surface area contributed by atoms with E-state index in [1.165, 1.54) is 0 Å². The molecule has 0 heterocycles. The van der Waals surface area contributed by atoms with E-state index in [0.717, 1.165) is 24.2 Å². The highest BCUT2D eigenvalue weighted by Gasteiger charge is 2.57. The molecule has 0 unspecified atom stereocenters. The van der Waals surface area contributed by atoms with E-state index in [1.807, 2.05) is 31.2 Å². The minimum Gasteiger partial charge on any atom is -0.497 e. The van der Waals surface area contributed by atoms with Crippen molar-refractivity contribution < 1.29 is 19.1 Å². The van der Waals surface area contributed by atoms with E-state index in [0.29, 0.717) is 13.0 Å². The maximum Gasteiger partial charge on any atom is 0.146 e. The molecule has 4 heteroatoms. The van der Waals surface area contributed by atoms with E-state index in [4.69, 9.17) is 9.47 Å². The van der Waals surface area contributed by atoms with E-state index in [-0.39, 0.29) is 40.8 Å². The smallest absolute Gasteiger partial charge is 0.146 e. The molecule has 2 aliphatic carbocycles. The number of rotatable bonds is 4. The van der Waals surface area contributed by atoms with Crippen LogP contribution < -0.4 is 4.74 Å². The fraction of sp³-hybridized carbons (Fsp3) is 0.619. The molecule has 0 N–H and O–H groups in total. The first-order chi connectivity index (χ1) is 11.8. The number of carbonyl (C=O) groups excluding carboxylic acids is 2. The summed E-state index contributed by atoms with van der Waals surface area (Å²) < 4.78 is 11.4. The van der Waals surface area contributed by atoms with Gasteiger partial charge in [-0.15, -0.1) is 0 Å². The van der Waals surface area contributed by atoms with Crippen molar-refractivity contribution in [2.24, 2.45) is 16.7 Å². The van der Waals surface area contributed by atoms with Crippen LogP contribution in [-0.4, -0.2) is 24.8 Å². The molecule has 0 radical (unpaired) electrons. The molecule has 2 fully saturated rings. The van der Waals surface area contributed by atoms with Gasteiger partial charge in [0, 0.05) is 11.8 Å². The Morgan fingerprint density at radius 3 is 2.44 bits per heavy atom. The summed E-state index contributed by atoms with van der Waals surface area (Å²) >= 11 is 0. The SMILES string of the molecule is COc1ccc(CO[C@H]2CC[C@@]3(C)C(=O)CC(=O)C[C@@H]3C2(C)C)cc1. The van der Waals surface area contributed by atoms with E-state index < -0.39 is 0 Å². The summed E-state index contributed by atoms with van der Waals surface area (Å²) in [5.74, 6) is 1.09. The van der Waals surface area contributed by atoms with Crippen LogP contribution in [0.15, 0.2) is 24.3 Å². The molecule has 0 spiro atoms. The lowest BCUT2D eigenvalue weighted by Crippen LogP contribution is -2.56. The largest absolute Gasteiger partial charge is 0.497 e. The van der Waals surface area contributed by atoms with Crippen LogP contribution in [0, 0.1) is 16.7 Å². The summed E-state index contributed by atoms with van der Waals surface area (Å²) in [5.41, 5.74) is 0.517. The summed E-state index contributed by atoms with van der Waals surface area (Å²) in [6.45, 7) is 6.89. The molecule has 1 aromatic rings. The number of hydrogen-bond acceptors (Lipinski definition) is 4. The molecule has 2 aliphatic rings. The van der Waals surface area contributed by atoms with Crippen molar-refractivity contribution >= 4 is 11.6 Å². The van der Waals surface area contributed by atoms with Gasteiger partial charge < -0.3 is 9.47 Å². The van der Waals surface area contributed by atoms with E-state index in [1.54, 1.807) is 7.11 Å². The van der Waals surface area contributed by atoms with Gasteiger partial charge in [0.2, 0.25) is 0 Å². The van der Waals surface area contributed by atoms with Gasteiger partial charge in [0.25, 0.3) is 0 Å². The molecule has 3 rings (SSSR count). The zero-order valence-corrected chi connectivity index (χ0v) is 15.6. The minimum absolute atomic E-state index is 0.0476. The number of carbonyl (C=O) groups is 2. The Morgan fingerprint density at radius 1 is 1.12 bits per heavy atom. The average molecular weight is 344 g/mol. The van der Waals surface area contributed by atoms with Gasteiger partial charge in [0.1, 0.15) is 17.3 Å². The number of methoxy groups -OCH3 is 1. The summed E-state index contributed by atoms with van der Waals surface area (Å²) in [6.07, 6.45) is 2.32. The first-order valence-corrected chi connectivity index (χ1v) is 9.07. The van der Waals surface area contributed by atoms with Crippen LogP contribution in [0.2, 0.25) is 0 Å². The first-order valence-electron chi connectivity index (χ1n) is 9.07. The predicted molar refractivity (Wildman–Crippen MR) is 95.4 cm³/mol. The highest BCUT2D eigenvalue weighted by molar-refractivity contribution is 6.04. The maximum absolute atomic E-state index is 12.5. The van der Waals surface area contributed by atoms with Gasteiger partial charge >= 0.3 is 0 Å². The van der Waals surface area contributed by atoms with Gasteiger partial charge in [-0.1, -0.05) is 32.9 Å².